The minimum Gasteiger partial charge on any atom is -0.469 e. The largest absolute Gasteiger partial charge is 0.469 e. The van der Waals surface area contributed by atoms with Crippen LogP contribution in [0.2, 0.25) is 0 Å². The third-order valence-corrected chi connectivity index (χ3v) is 3.48. The maximum atomic E-state index is 11.7. The molecule has 0 heterocycles. The van der Waals surface area contributed by atoms with Crippen molar-refractivity contribution < 1.29 is 9.53 Å². The van der Waals surface area contributed by atoms with Crippen LogP contribution in [-0.2, 0) is 9.53 Å². The van der Waals surface area contributed by atoms with Crippen LogP contribution in [0.5, 0.6) is 0 Å². The second-order valence-corrected chi connectivity index (χ2v) is 5.51. The zero-order chi connectivity index (χ0) is 12.7. The van der Waals surface area contributed by atoms with E-state index < -0.39 is 0 Å². The molecule has 0 bridgehead atoms. The molecule has 0 amide bonds. The zero-order valence-corrected chi connectivity index (χ0v) is 11.5. The highest BCUT2D eigenvalue weighted by Gasteiger charge is 2.19. The molecular weight excluding hydrogens is 212 g/mol. The van der Waals surface area contributed by atoms with Gasteiger partial charge in [-0.05, 0) is 44.4 Å². The summed E-state index contributed by atoms with van der Waals surface area (Å²) < 4.78 is 4.88. The van der Waals surface area contributed by atoms with Crippen LogP contribution in [0.15, 0.2) is 11.6 Å². The molecule has 1 atom stereocenters. The summed E-state index contributed by atoms with van der Waals surface area (Å²) in [6, 6.07) is 0. The van der Waals surface area contributed by atoms with Gasteiger partial charge in [0, 0.05) is 0 Å². The second-order valence-electron chi connectivity index (χ2n) is 5.51. The van der Waals surface area contributed by atoms with Gasteiger partial charge in [0.25, 0.3) is 0 Å². The Morgan fingerprint density at radius 1 is 1.29 bits per heavy atom. The molecule has 0 N–H and O–H groups in total. The molecule has 1 aliphatic carbocycles. The van der Waals surface area contributed by atoms with Crippen molar-refractivity contribution >= 4 is 5.97 Å². The number of ether oxygens (including phenoxy) is 1. The summed E-state index contributed by atoms with van der Waals surface area (Å²) in [7, 11) is 1.49. The number of rotatable bonds is 5. The van der Waals surface area contributed by atoms with E-state index in [-0.39, 0.29) is 11.9 Å². The number of hydrogen-bond donors (Lipinski definition) is 0. The molecule has 2 heteroatoms. The van der Waals surface area contributed by atoms with Gasteiger partial charge in [-0.2, -0.15) is 0 Å². The molecule has 1 unspecified atom stereocenters. The van der Waals surface area contributed by atoms with Crippen LogP contribution in [0.3, 0.4) is 0 Å². The van der Waals surface area contributed by atoms with E-state index in [0.717, 1.165) is 12.8 Å². The molecule has 1 aliphatic rings. The number of carbonyl (C=O) groups excluding carboxylic acids is 1. The smallest absolute Gasteiger partial charge is 0.308 e. The standard InChI is InChI=1S/C15H26O2/c1-12(2)11-14(15(16)17-3)10-9-13-7-5-4-6-8-13/h9,12,14H,4-8,10-11H2,1-3H3. The number of esters is 1. The molecule has 1 saturated carbocycles. The molecule has 1 fully saturated rings. The first kappa shape index (κ1) is 14.3. The molecule has 0 aromatic carbocycles. The van der Waals surface area contributed by atoms with E-state index in [1.165, 1.54) is 39.2 Å². The van der Waals surface area contributed by atoms with E-state index in [1.807, 2.05) is 0 Å². The van der Waals surface area contributed by atoms with Crippen molar-refractivity contribution in [2.75, 3.05) is 7.11 Å². The van der Waals surface area contributed by atoms with E-state index in [9.17, 15) is 4.79 Å². The van der Waals surface area contributed by atoms with Gasteiger partial charge in [-0.1, -0.05) is 31.9 Å². The highest BCUT2D eigenvalue weighted by Crippen LogP contribution is 2.25. The maximum Gasteiger partial charge on any atom is 0.308 e. The van der Waals surface area contributed by atoms with Gasteiger partial charge in [-0.15, -0.1) is 0 Å². The molecule has 1 rings (SSSR count). The normalized spacial score (nSPS) is 18.0. The Hall–Kier alpha value is -0.790. The summed E-state index contributed by atoms with van der Waals surface area (Å²) in [5.74, 6) is 0.546. The third kappa shape index (κ3) is 5.38. The Labute approximate surface area is 105 Å². The molecule has 17 heavy (non-hydrogen) atoms. The summed E-state index contributed by atoms with van der Waals surface area (Å²) in [6.45, 7) is 4.31. The number of allylic oxidation sites excluding steroid dienone is 2. The van der Waals surface area contributed by atoms with Gasteiger partial charge in [0.1, 0.15) is 0 Å². The van der Waals surface area contributed by atoms with Crippen molar-refractivity contribution in [1.29, 1.82) is 0 Å². The van der Waals surface area contributed by atoms with Crippen LogP contribution in [0.1, 0.15) is 58.8 Å². The fourth-order valence-electron chi connectivity index (χ4n) is 2.54. The van der Waals surface area contributed by atoms with Gasteiger partial charge < -0.3 is 4.74 Å². The van der Waals surface area contributed by atoms with E-state index in [1.54, 1.807) is 5.57 Å². The topological polar surface area (TPSA) is 26.3 Å². The molecule has 0 spiro atoms. The van der Waals surface area contributed by atoms with Gasteiger partial charge in [-0.3, -0.25) is 4.79 Å². The lowest BCUT2D eigenvalue weighted by Crippen LogP contribution is -2.17. The Morgan fingerprint density at radius 2 is 1.94 bits per heavy atom. The summed E-state index contributed by atoms with van der Waals surface area (Å²) in [5, 5.41) is 0. The van der Waals surface area contributed by atoms with Crippen molar-refractivity contribution in [3.8, 4) is 0 Å². The fourth-order valence-corrected chi connectivity index (χ4v) is 2.54. The number of carbonyl (C=O) groups is 1. The van der Waals surface area contributed by atoms with Crippen LogP contribution in [0, 0.1) is 11.8 Å². The highest BCUT2D eigenvalue weighted by molar-refractivity contribution is 5.72. The Balaban J connectivity index is 2.49. The first-order chi connectivity index (χ1) is 8.13. The molecule has 0 aromatic heterocycles. The van der Waals surface area contributed by atoms with Crippen molar-refractivity contribution in [2.24, 2.45) is 11.8 Å². The van der Waals surface area contributed by atoms with E-state index in [2.05, 4.69) is 19.9 Å². The summed E-state index contributed by atoms with van der Waals surface area (Å²) >= 11 is 0. The average Bonchev–Trinajstić information content (AvgIpc) is 2.34. The second kappa shape index (κ2) is 7.52. The lowest BCUT2D eigenvalue weighted by atomic mass is 9.90. The summed E-state index contributed by atoms with van der Waals surface area (Å²) in [5.41, 5.74) is 1.55. The zero-order valence-electron chi connectivity index (χ0n) is 11.5. The fraction of sp³-hybridized carbons (Fsp3) is 0.800. The molecule has 2 nitrogen and oxygen atoms in total. The van der Waals surface area contributed by atoms with Crippen LogP contribution in [-0.4, -0.2) is 13.1 Å². The average molecular weight is 238 g/mol. The van der Waals surface area contributed by atoms with E-state index in [4.69, 9.17) is 4.74 Å². The predicted molar refractivity (Wildman–Crippen MR) is 70.7 cm³/mol. The molecule has 0 aromatic rings. The molecular formula is C15H26O2. The molecule has 0 radical (unpaired) electrons. The monoisotopic (exact) mass is 238 g/mol. The Kier molecular flexibility index (Phi) is 6.31. The Morgan fingerprint density at radius 3 is 2.47 bits per heavy atom. The SMILES string of the molecule is COC(=O)C(CC=C1CCCCC1)CC(C)C. The van der Waals surface area contributed by atoms with Gasteiger partial charge in [0.2, 0.25) is 0 Å². The van der Waals surface area contributed by atoms with Gasteiger partial charge in [0.15, 0.2) is 0 Å². The van der Waals surface area contributed by atoms with Crippen LogP contribution in [0.25, 0.3) is 0 Å². The maximum absolute atomic E-state index is 11.7. The van der Waals surface area contributed by atoms with Gasteiger partial charge in [-0.25, -0.2) is 0 Å². The third-order valence-electron chi connectivity index (χ3n) is 3.48. The predicted octanol–water partition coefficient (Wildman–Crippen LogP) is 4.10. The van der Waals surface area contributed by atoms with Crippen molar-refractivity contribution in [3.05, 3.63) is 11.6 Å². The minimum atomic E-state index is -0.0497. The first-order valence-electron chi connectivity index (χ1n) is 6.89. The molecule has 0 aliphatic heterocycles. The summed E-state index contributed by atoms with van der Waals surface area (Å²) in [4.78, 5) is 11.7. The van der Waals surface area contributed by atoms with Crippen molar-refractivity contribution in [3.63, 3.8) is 0 Å². The lowest BCUT2D eigenvalue weighted by Gasteiger charge is -2.17. The van der Waals surface area contributed by atoms with Crippen LogP contribution < -0.4 is 0 Å². The number of hydrogen-bond acceptors (Lipinski definition) is 2. The van der Waals surface area contributed by atoms with Crippen molar-refractivity contribution in [1.82, 2.24) is 0 Å². The lowest BCUT2D eigenvalue weighted by molar-refractivity contribution is -0.145. The van der Waals surface area contributed by atoms with E-state index in [0.29, 0.717) is 5.92 Å². The van der Waals surface area contributed by atoms with Crippen LogP contribution in [0.4, 0.5) is 0 Å². The van der Waals surface area contributed by atoms with Gasteiger partial charge in [0.05, 0.1) is 13.0 Å². The molecule has 0 saturated heterocycles. The summed E-state index contributed by atoms with van der Waals surface area (Å²) in [6.07, 6.45) is 10.5. The van der Waals surface area contributed by atoms with Gasteiger partial charge >= 0.3 is 5.97 Å². The van der Waals surface area contributed by atoms with E-state index >= 15 is 0 Å². The number of methoxy groups -OCH3 is 1. The first-order valence-corrected chi connectivity index (χ1v) is 6.89. The quantitative estimate of drug-likeness (QED) is 0.532. The minimum absolute atomic E-state index is 0.0497. The Bertz CT molecular complexity index is 258. The van der Waals surface area contributed by atoms with Crippen LogP contribution >= 0.6 is 0 Å². The highest BCUT2D eigenvalue weighted by atomic mass is 16.5. The molecule has 98 valence electrons. The van der Waals surface area contributed by atoms with Crippen molar-refractivity contribution in [2.45, 2.75) is 58.8 Å².